The van der Waals surface area contributed by atoms with E-state index >= 15 is 0 Å². The number of likely N-dealkylation sites (N-methyl/N-ethyl adjacent to an activating group) is 1. The Hall–Kier alpha value is -2.09. The van der Waals surface area contributed by atoms with Gasteiger partial charge in [-0.2, -0.15) is 0 Å². The van der Waals surface area contributed by atoms with Gasteiger partial charge in [0.25, 0.3) is 5.69 Å². The number of amides is 1. The molecule has 2 aromatic carbocycles. The van der Waals surface area contributed by atoms with Crippen LogP contribution in [0.4, 0.5) is 5.69 Å². The lowest BCUT2D eigenvalue weighted by atomic mass is 10.2. The average molecular weight is 394 g/mol. The topological polar surface area (TPSA) is 75.5 Å². The van der Waals surface area contributed by atoms with Crippen molar-refractivity contribution in [2.45, 2.75) is 11.4 Å². The van der Waals surface area contributed by atoms with Crippen LogP contribution in [0, 0.1) is 10.1 Å². The first-order valence-electron chi connectivity index (χ1n) is 8.01. The Kier molecular flexibility index (Phi) is 7.90. The molecule has 1 N–H and O–H groups in total. The number of hydrogen-bond donors (Lipinski definition) is 1. The second-order valence-corrected chi connectivity index (χ2v) is 7.29. The second-order valence-electron chi connectivity index (χ2n) is 5.72. The Labute approximate surface area is 161 Å². The summed E-state index contributed by atoms with van der Waals surface area (Å²) in [5.41, 5.74) is 0.607. The van der Waals surface area contributed by atoms with Crippen LogP contribution in [0.5, 0.6) is 0 Å². The summed E-state index contributed by atoms with van der Waals surface area (Å²) in [6, 6.07) is 14.3. The zero-order valence-corrected chi connectivity index (χ0v) is 15.9. The lowest BCUT2D eigenvalue weighted by Gasteiger charge is -2.17. The first-order chi connectivity index (χ1) is 12.5. The van der Waals surface area contributed by atoms with E-state index in [2.05, 4.69) is 5.32 Å². The molecule has 0 radical (unpaired) electrons. The van der Waals surface area contributed by atoms with Gasteiger partial charge in [-0.1, -0.05) is 29.8 Å². The van der Waals surface area contributed by atoms with Crippen molar-refractivity contribution in [3.8, 4) is 0 Å². The van der Waals surface area contributed by atoms with Gasteiger partial charge in [0.15, 0.2) is 0 Å². The molecule has 0 aliphatic carbocycles. The molecule has 2 aromatic rings. The molecule has 0 aliphatic rings. The van der Waals surface area contributed by atoms with Crippen molar-refractivity contribution < 1.29 is 9.72 Å². The molecule has 0 fully saturated rings. The minimum Gasteiger partial charge on any atom is -0.354 e. The van der Waals surface area contributed by atoms with Crippen molar-refractivity contribution in [3.63, 3.8) is 0 Å². The quantitative estimate of drug-likeness (QED) is 0.305. The molecule has 1 amide bonds. The predicted octanol–water partition coefficient (Wildman–Crippen LogP) is 3.59. The van der Waals surface area contributed by atoms with E-state index in [0.29, 0.717) is 23.7 Å². The largest absolute Gasteiger partial charge is 0.354 e. The fraction of sp³-hybridized carbons (Fsp3) is 0.278. The number of carbonyl (C=O) groups excluding carboxylic acids is 1. The first-order valence-corrected chi connectivity index (χ1v) is 9.38. The highest BCUT2D eigenvalue weighted by Gasteiger charge is 2.13. The fourth-order valence-corrected chi connectivity index (χ4v) is 3.29. The molecular formula is C18H20ClN3O3S. The number of hydrogen-bond acceptors (Lipinski definition) is 5. The molecule has 0 bridgehead atoms. The van der Waals surface area contributed by atoms with Gasteiger partial charge in [0.2, 0.25) is 5.91 Å². The molecule has 0 aliphatic heterocycles. The van der Waals surface area contributed by atoms with Crippen LogP contribution in [0.3, 0.4) is 0 Å². The number of nitrogens with one attached hydrogen (secondary N) is 1. The molecular weight excluding hydrogens is 374 g/mol. The smallest absolute Gasteiger partial charge is 0.269 e. The Morgan fingerprint density at radius 2 is 2.00 bits per heavy atom. The van der Waals surface area contributed by atoms with E-state index in [1.54, 1.807) is 23.7 Å². The van der Waals surface area contributed by atoms with Crippen LogP contribution >= 0.6 is 23.4 Å². The summed E-state index contributed by atoms with van der Waals surface area (Å²) in [7, 11) is 1.77. The first kappa shape index (κ1) is 20.2. The maximum absolute atomic E-state index is 12.0. The van der Waals surface area contributed by atoms with Gasteiger partial charge >= 0.3 is 0 Å². The Bertz CT molecular complexity index is 759. The van der Waals surface area contributed by atoms with E-state index in [4.69, 9.17) is 11.6 Å². The number of nitrogens with zero attached hydrogens (tertiary/aromatic N) is 2. The Balaban J connectivity index is 1.75. The normalized spacial score (nSPS) is 10.7. The zero-order chi connectivity index (χ0) is 18.9. The summed E-state index contributed by atoms with van der Waals surface area (Å²) in [6.45, 7) is 1.12. The van der Waals surface area contributed by atoms with Gasteiger partial charge in [-0.25, -0.2) is 0 Å². The highest BCUT2D eigenvalue weighted by molar-refractivity contribution is 7.99. The number of thioether (sulfide) groups is 1. The summed E-state index contributed by atoms with van der Waals surface area (Å²) >= 11 is 7.77. The molecule has 0 unspecified atom stereocenters. The predicted molar refractivity (Wildman–Crippen MR) is 105 cm³/mol. The molecule has 0 saturated heterocycles. The Morgan fingerprint density at radius 3 is 2.69 bits per heavy atom. The molecule has 2 rings (SSSR count). The molecule has 0 heterocycles. The minimum atomic E-state index is -0.461. The van der Waals surface area contributed by atoms with E-state index in [9.17, 15) is 14.9 Å². The van der Waals surface area contributed by atoms with E-state index < -0.39 is 4.92 Å². The van der Waals surface area contributed by atoms with Crippen molar-refractivity contribution >= 4 is 35.0 Å². The van der Waals surface area contributed by atoms with Crippen molar-refractivity contribution in [1.82, 2.24) is 10.2 Å². The van der Waals surface area contributed by atoms with E-state index in [-0.39, 0.29) is 18.1 Å². The van der Waals surface area contributed by atoms with Crippen molar-refractivity contribution in [2.75, 3.05) is 25.9 Å². The Morgan fingerprint density at radius 1 is 1.27 bits per heavy atom. The zero-order valence-electron chi connectivity index (χ0n) is 14.4. The number of nitro groups is 1. The van der Waals surface area contributed by atoms with Gasteiger partial charge in [0.05, 0.1) is 11.5 Å². The number of carbonyl (C=O) groups is 1. The molecule has 138 valence electrons. The van der Waals surface area contributed by atoms with Gasteiger partial charge < -0.3 is 5.32 Å². The minimum absolute atomic E-state index is 0.0137. The van der Waals surface area contributed by atoms with Crippen LogP contribution in [0.2, 0.25) is 5.02 Å². The monoisotopic (exact) mass is 393 g/mol. The number of nitro benzene ring substituents is 1. The molecule has 8 heteroatoms. The molecule has 6 nitrogen and oxygen atoms in total. The van der Waals surface area contributed by atoms with Crippen LogP contribution < -0.4 is 5.32 Å². The number of halogens is 1. The third-order valence-electron chi connectivity index (χ3n) is 3.53. The second kappa shape index (κ2) is 10.2. The summed E-state index contributed by atoms with van der Waals surface area (Å²) < 4.78 is 0. The van der Waals surface area contributed by atoms with Crippen molar-refractivity contribution in [3.05, 3.63) is 69.2 Å². The molecule has 0 aromatic heterocycles. The van der Waals surface area contributed by atoms with Crippen LogP contribution in [-0.4, -0.2) is 41.6 Å². The highest BCUT2D eigenvalue weighted by Crippen LogP contribution is 2.23. The summed E-state index contributed by atoms with van der Waals surface area (Å²) in [6.07, 6.45) is 0. The van der Waals surface area contributed by atoms with Crippen LogP contribution in [-0.2, 0) is 11.3 Å². The maximum Gasteiger partial charge on any atom is 0.269 e. The third kappa shape index (κ3) is 6.67. The van der Waals surface area contributed by atoms with Crippen molar-refractivity contribution in [1.29, 1.82) is 0 Å². The summed E-state index contributed by atoms with van der Waals surface area (Å²) in [5.74, 6) is 0.693. The number of rotatable bonds is 9. The average Bonchev–Trinajstić information content (AvgIpc) is 2.61. The molecule has 0 spiro atoms. The standard InChI is InChI=1S/C18H20ClN3O3S/c1-21(12-14-11-15(22(24)25)7-8-17(14)19)13-18(23)20-9-10-26-16-5-3-2-4-6-16/h2-8,11H,9-10,12-13H2,1H3,(H,20,23). The van der Waals surface area contributed by atoms with Gasteiger partial charge in [0.1, 0.15) is 0 Å². The summed E-state index contributed by atoms with van der Waals surface area (Å²) in [4.78, 5) is 25.3. The lowest BCUT2D eigenvalue weighted by Crippen LogP contribution is -2.35. The van der Waals surface area contributed by atoms with Crippen molar-refractivity contribution in [2.24, 2.45) is 0 Å². The van der Waals surface area contributed by atoms with Gasteiger partial charge in [-0.05, 0) is 30.8 Å². The third-order valence-corrected chi connectivity index (χ3v) is 4.91. The number of benzene rings is 2. The van der Waals surface area contributed by atoms with Gasteiger partial charge in [0, 0.05) is 40.9 Å². The fourth-order valence-electron chi connectivity index (χ4n) is 2.32. The highest BCUT2D eigenvalue weighted by atomic mass is 35.5. The molecule has 0 saturated carbocycles. The lowest BCUT2D eigenvalue weighted by molar-refractivity contribution is -0.384. The number of non-ortho nitro benzene ring substituents is 1. The van der Waals surface area contributed by atoms with Gasteiger partial charge in [-0.15, -0.1) is 11.8 Å². The van der Waals surface area contributed by atoms with Crippen LogP contribution in [0.1, 0.15) is 5.56 Å². The molecule has 26 heavy (non-hydrogen) atoms. The SMILES string of the molecule is CN(CC(=O)NCCSc1ccccc1)Cc1cc([N+](=O)[O-])ccc1Cl. The summed E-state index contributed by atoms with van der Waals surface area (Å²) in [5, 5.41) is 14.2. The van der Waals surface area contributed by atoms with E-state index in [1.807, 2.05) is 30.3 Å². The van der Waals surface area contributed by atoms with Crippen LogP contribution in [0.15, 0.2) is 53.4 Å². The van der Waals surface area contributed by atoms with Crippen LogP contribution in [0.25, 0.3) is 0 Å². The van der Waals surface area contributed by atoms with E-state index in [0.717, 1.165) is 5.75 Å². The molecule has 0 atom stereocenters. The van der Waals surface area contributed by atoms with E-state index in [1.165, 1.54) is 23.1 Å². The van der Waals surface area contributed by atoms with Gasteiger partial charge in [-0.3, -0.25) is 19.8 Å². The maximum atomic E-state index is 12.0.